The van der Waals surface area contributed by atoms with Crippen LogP contribution in [0.5, 0.6) is 0 Å². The van der Waals surface area contributed by atoms with E-state index in [1.165, 1.54) is 0 Å². The van der Waals surface area contributed by atoms with Gasteiger partial charge in [-0.05, 0) is 40.5 Å². The van der Waals surface area contributed by atoms with Gasteiger partial charge in [0.25, 0.3) is 0 Å². The first-order chi connectivity index (χ1) is 12.9. The lowest BCUT2D eigenvalue weighted by molar-refractivity contribution is -0.146. The SMILES string of the molecule is C=C(C)C(=O)OCCCC(=O)OCC(CP(C)(C)=O)CP(=O)(OCC)OCC. The van der Waals surface area contributed by atoms with Gasteiger partial charge in [-0.25, -0.2) is 4.79 Å². The predicted octanol–water partition coefficient (Wildman–Crippen LogP) is 3.93. The summed E-state index contributed by atoms with van der Waals surface area (Å²) < 4.78 is 45.7. The molecule has 1 unspecified atom stereocenters. The molecule has 1 atom stereocenters. The molecule has 0 aromatic carbocycles. The van der Waals surface area contributed by atoms with Crippen molar-refractivity contribution in [3.8, 4) is 0 Å². The standard InChI is InChI=1S/C18H34O8P2/c1-7-25-28(22,26-8-2)14-16(13-27(5,6)21)12-24-17(19)10-9-11-23-18(20)15(3)4/h16H,3,7-14H2,1-2,4-6H3. The van der Waals surface area contributed by atoms with Crippen LogP contribution < -0.4 is 0 Å². The number of carbonyl (C=O) groups is 2. The second-order valence-electron chi connectivity index (χ2n) is 6.95. The maximum Gasteiger partial charge on any atom is 0.333 e. The van der Waals surface area contributed by atoms with Crippen LogP contribution >= 0.6 is 14.7 Å². The minimum atomic E-state index is -3.35. The summed E-state index contributed by atoms with van der Waals surface area (Å²) in [6, 6.07) is 0. The van der Waals surface area contributed by atoms with Crippen LogP contribution in [-0.4, -0.2) is 64.0 Å². The van der Waals surface area contributed by atoms with Crippen molar-refractivity contribution >= 4 is 26.7 Å². The lowest BCUT2D eigenvalue weighted by atomic mass is 10.2. The fourth-order valence-electron chi connectivity index (χ4n) is 2.42. The molecule has 0 rings (SSSR count). The van der Waals surface area contributed by atoms with E-state index in [9.17, 15) is 18.7 Å². The molecule has 0 amide bonds. The third kappa shape index (κ3) is 13.3. The van der Waals surface area contributed by atoms with Crippen molar-refractivity contribution in [2.45, 2.75) is 33.6 Å². The van der Waals surface area contributed by atoms with Gasteiger partial charge in [-0.3, -0.25) is 9.36 Å². The summed E-state index contributed by atoms with van der Waals surface area (Å²) in [6.45, 7) is 12.2. The Morgan fingerprint density at radius 2 is 1.57 bits per heavy atom. The number of hydrogen-bond donors (Lipinski definition) is 0. The van der Waals surface area contributed by atoms with Gasteiger partial charge < -0.3 is 23.1 Å². The second-order valence-corrected chi connectivity index (χ2v) is 12.6. The number of carbonyl (C=O) groups excluding carboxylic acids is 2. The van der Waals surface area contributed by atoms with Crippen LogP contribution in [0.1, 0.15) is 33.6 Å². The molecular formula is C18H34O8P2. The van der Waals surface area contributed by atoms with Crippen LogP contribution in [0.2, 0.25) is 0 Å². The Kier molecular flexibility index (Phi) is 12.9. The third-order valence-corrected chi connectivity index (χ3v) is 7.08. The molecule has 0 saturated heterocycles. The third-order valence-electron chi connectivity index (χ3n) is 3.42. The minimum absolute atomic E-state index is 0.0276. The molecular weight excluding hydrogens is 406 g/mol. The maximum absolute atomic E-state index is 12.8. The first-order valence-corrected chi connectivity index (χ1v) is 13.8. The summed E-state index contributed by atoms with van der Waals surface area (Å²) in [5.41, 5.74) is 0.294. The van der Waals surface area contributed by atoms with E-state index in [1.54, 1.807) is 34.1 Å². The molecule has 0 aliphatic carbocycles. The van der Waals surface area contributed by atoms with Gasteiger partial charge in [-0.1, -0.05) is 6.58 Å². The van der Waals surface area contributed by atoms with Crippen LogP contribution in [0.15, 0.2) is 12.2 Å². The molecule has 0 N–H and O–H groups in total. The van der Waals surface area contributed by atoms with Gasteiger partial charge >= 0.3 is 19.5 Å². The van der Waals surface area contributed by atoms with Gasteiger partial charge in [0.05, 0.1) is 39.7 Å². The average molecular weight is 440 g/mol. The summed E-state index contributed by atoms with van der Waals surface area (Å²) >= 11 is 0. The van der Waals surface area contributed by atoms with Crippen molar-refractivity contribution in [1.82, 2.24) is 0 Å². The van der Waals surface area contributed by atoms with E-state index < -0.39 is 32.6 Å². The Bertz CT molecular complexity index is 601. The zero-order valence-corrected chi connectivity index (χ0v) is 19.4. The van der Waals surface area contributed by atoms with E-state index in [1.807, 2.05) is 0 Å². The van der Waals surface area contributed by atoms with Crippen molar-refractivity contribution in [2.24, 2.45) is 5.92 Å². The molecule has 164 valence electrons. The molecule has 0 aromatic rings. The highest BCUT2D eigenvalue weighted by atomic mass is 31.2. The molecule has 0 aliphatic heterocycles. The molecule has 0 radical (unpaired) electrons. The Hall–Kier alpha value is -0.940. The van der Waals surface area contributed by atoms with Crippen molar-refractivity contribution < 1.29 is 37.2 Å². The first-order valence-electron chi connectivity index (χ1n) is 9.32. The highest BCUT2D eigenvalue weighted by molar-refractivity contribution is 7.62. The molecule has 28 heavy (non-hydrogen) atoms. The Balaban J connectivity index is 4.65. The molecule has 0 saturated carbocycles. The van der Waals surface area contributed by atoms with E-state index in [-0.39, 0.29) is 45.2 Å². The molecule has 0 aromatic heterocycles. The van der Waals surface area contributed by atoms with Crippen LogP contribution in [0.25, 0.3) is 0 Å². The smallest absolute Gasteiger partial charge is 0.333 e. The van der Waals surface area contributed by atoms with Crippen LogP contribution in [0.4, 0.5) is 0 Å². The quantitative estimate of drug-likeness (QED) is 0.163. The maximum atomic E-state index is 12.8. The van der Waals surface area contributed by atoms with Gasteiger partial charge in [0.15, 0.2) is 0 Å². The summed E-state index contributed by atoms with van der Waals surface area (Å²) in [4.78, 5) is 23.2. The number of ether oxygens (including phenoxy) is 2. The molecule has 0 bridgehead atoms. The van der Waals surface area contributed by atoms with Crippen LogP contribution in [0, 0.1) is 5.92 Å². The predicted molar refractivity (Wildman–Crippen MR) is 110 cm³/mol. The molecule has 0 spiro atoms. The normalized spacial score (nSPS) is 13.0. The van der Waals surface area contributed by atoms with Crippen LogP contribution in [0.3, 0.4) is 0 Å². The minimum Gasteiger partial charge on any atom is -0.465 e. The van der Waals surface area contributed by atoms with Crippen molar-refractivity contribution in [3.05, 3.63) is 12.2 Å². The fraction of sp³-hybridized carbons (Fsp3) is 0.778. The van der Waals surface area contributed by atoms with E-state index >= 15 is 0 Å². The monoisotopic (exact) mass is 440 g/mol. The van der Waals surface area contributed by atoms with Crippen molar-refractivity contribution in [3.63, 3.8) is 0 Å². The molecule has 0 heterocycles. The first kappa shape index (κ1) is 27.1. The summed E-state index contributed by atoms with van der Waals surface area (Å²) in [6.07, 6.45) is 0.685. The lowest BCUT2D eigenvalue weighted by Gasteiger charge is -2.24. The molecule has 0 fully saturated rings. The van der Waals surface area contributed by atoms with E-state index in [0.717, 1.165) is 0 Å². The highest BCUT2D eigenvalue weighted by Crippen LogP contribution is 2.51. The van der Waals surface area contributed by atoms with Gasteiger partial charge in [-0.2, -0.15) is 0 Å². The van der Waals surface area contributed by atoms with E-state index in [4.69, 9.17) is 18.5 Å². The Morgan fingerprint density at radius 3 is 2.04 bits per heavy atom. The number of esters is 2. The topological polar surface area (TPSA) is 105 Å². The van der Waals surface area contributed by atoms with Gasteiger partial charge in [0.2, 0.25) is 0 Å². The molecule has 10 heteroatoms. The molecule has 8 nitrogen and oxygen atoms in total. The Morgan fingerprint density at radius 1 is 1.00 bits per heavy atom. The lowest BCUT2D eigenvalue weighted by Crippen LogP contribution is -2.22. The molecule has 0 aliphatic rings. The van der Waals surface area contributed by atoms with Gasteiger partial charge in [0, 0.05) is 24.1 Å². The Labute approximate surface area is 168 Å². The largest absolute Gasteiger partial charge is 0.465 e. The fourth-order valence-corrected chi connectivity index (χ4v) is 6.05. The summed E-state index contributed by atoms with van der Waals surface area (Å²) in [7, 11) is -5.79. The zero-order valence-electron chi connectivity index (χ0n) is 17.6. The van der Waals surface area contributed by atoms with Crippen molar-refractivity contribution in [1.29, 1.82) is 0 Å². The highest BCUT2D eigenvalue weighted by Gasteiger charge is 2.31. The van der Waals surface area contributed by atoms with E-state index in [2.05, 4.69) is 6.58 Å². The second kappa shape index (κ2) is 13.3. The average Bonchev–Trinajstić information content (AvgIpc) is 2.55. The number of rotatable bonds is 15. The van der Waals surface area contributed by atoms with Crippen molar-refractivity contribution in [2.75, 3.05) is 52.1 Å². The summed E-state index contributed by atoms with van der Waals surface area (Å²) in [5, 5.41) is 0. The summed E-state index contributed by atoms with van der Waals surface area (Å²) in [5.74, 6) is -1.38. The van der Waals surface area contributed by atoms with Gasteiger partial charge in [0.1, 0.15) is 0 Å². The number of hydrogen-bond acceptors (Lipinski definition) is 8. The zero-order chi connectivity index (χ0) is 21.8. The van der Waals surface area contributed by atoms with E-state index in [0.29, 0.717) is 12.0 Å². The van der Waals surface area contributed by atoms with Gasteiger partial charge in [-0.15, -0.1) is 0 Å². The van der Waals surface area contributed by atoms with Crippen LogP contribution in [-0.2, 0) is 37.2 Å².